The molecule has 6 heteroatoms. The Morgan fingerprint density at radius 1 is 1.03 bits per heavy atom. The van der Waals surface area contributed by atoms with Crippen LogP contribution in [-0.2, 0) is 13.1 Å². The number of benzene rings is 2. The zero-order valence-corrected chi connectivity index (χ0v) is 18.1. The summed E-state index contributed by atoms with van der Waals surface area (Å²) in [6, 6.07) is 18.4. The maximum atomic E-state index is 14.2. The summed E-state index contributed by atoms with van der Waals surface area (Å²) in [4.78, 5) is 21.7. The van der Waals surface area contributed by atoms with Gasteiger partial charge in [-0.1, -0.05) is 35.9 Å². The lowest BCUT2D eigenvalue weighted by Gasteiger charge is -2.11. The molecule has 0 bridgehead atoms. The molecule has 4 nitrogen and oxygen atoms in total. The van der Waals surface area contributed by atoms with Gasteiger partial charge in [0.2, 0.25) is 0 Å². The summed E-state index contributed by atoms with van der Waals surface area (Å²) in [6.07, 6.45) is 3.48. The summed E-state index contributed by atoms with van der Waals surface area (Å²) in [5.74, 6) is -0.498. The zero-order valence-electron chi connectivity index (χ0n) is 17.3. The second-order valence-corrected chi connectivity index (χ2v) is 8.22. The first-order valence-corrected chi connectivity index (χ1v) is 10.6. The average molecular weight is 444 g/mol. The molecule has 0 radical (unpaired) electrons. The van der Waals surface area contributed by atoms with E-state index in [0.29, 0.717) is 12.1 Å². The number of hydrogen-bond donors (Lipinski definition) is 0. The van der Waals surface area contributed by atoms with Crippen molar-refractivity contribution in [3.05, 3.63) is 122 Å². The van der Waals surface area contributed by atoms with Gasteiger partial charge in [-0.05, 0) is 53.9 Å². The average Bonchev–Trinajstić information content (AvgIpc) is 3.21. The van der Waals surface area contributed by atoms with Crippen molar-refractivity contribution in [3.63, 3.8) is 0 Å². The molecule has 0 unspecified atom stereocenters. The molecule has 0 fully saturated rings. The van der Waals surface area contributed by atoms with E-state index < -0.39 is 5.82 Å². The van der Waals surface area contributed by atoms with E-state index in [1.54, 1.807) is 30.6 Å². The van der Waals surface area contributed by atoms with Gasteiger partial charge in [-0.3, -0.25) is 14.8 Å². The Bertz CT molecular complexity index is 1440. The SMILES string of the molecule is Cc1cc(C2=NCc3ccc(-c4ccn(Cc5cccc(Cl)c5F)c(=O)c4)cc32)ccn1. The third kappa shape index (κ3) is 3.76. The highest BCUT2D eigenvalue weighted by Crippen LogP contribution is 2.28. The Morgan fingerprint density at radius 3 is 2.69 bits per heavy atom. The third-order valence-corrected chi connectivity index (χ3v) is 5.94. The fourth-order valence-corrected chi connectivity index (χ4v) is 4.17. The second-order valence-electron chi connectivity index (χ2n) is 7.82. The summed E-state index contributed by atoms with van der Waals surface area (Å²) >= 11 is 5.86. The lowest BCUT2D eigenvalue weighted by atomic mass is 9.96. The van der Waals surface area contributed by atoms with Crippen LogP contribution < -0.4 is 5.56 Å². The van der Waals surface area contributed by atoms with Crippen molar-refractivity contribution in [2.24, 2.45) is 4.99 Å². The number of pyridine rings is 2. The van der Waals surface area contributed by atoms with E-state index in [1.165, 1.54) is 10.6 Å². The molecule has 0 spiro atoms. The number of nitrogens with zero attached hydrogens (tertiary/aromatic N) is 3. The first kappa shape index (κ1) is 20.3. The van der Waals surface area contributed by atoms with Crippen LogP contribution in [0.1, 0.15) is 27.9 Å². The molecule has 3 heterocycles. The van der Waals surface area contributed by atoms with Crippen molar-refractivity contribution in [1.82, 2.24) is 9.55 Å². The minimum atomic E-state index is -0.498. The van der Waals surface area contributed by atoms with Gasteiger partial charge in [0, 0.05) is 40.8 Å². The van der Waals surface area contributed by atoms with Crippen molar-refractivity contribution >= 4 is 17.3 Å². The van der Waals surface area contributed by atoms with Crippen LogP contribution in [0.15, 0.2) is 82.8 Å². The number of rotatable bonds is 4. The molecule has 5 rings (SSSR count). The predicted octanol–water partition coefficient (Wildman–Crippen LogP) is 5.41. The van der Waals surface area contributed by atoms with E-state index in [0.717, 1.165) is 39.2 Å². The number of aromatic nitrogens is 2. The highest BCUT2D eigenvalue weighted by Gasteiger charge is 2.19. The topological polar surface area (TPSA) is 47.2 Å². The fraction of sp³-hybridized carbons (Fsp3) is 0.115. The molecule has 0 aliphatic carbocycles. The first-order chi connectivity index (χ1) is 15.5. The van der Waals surface area contributed by atoms with Crippen LogP contribution >= 0.6 is 11.6 Å². The highest BCUT2D eigenvalue weighted by molar-refractivity contribution is 6.30. The molecule has 0 saturated carbocycles. The minimum Gasteiger partial charge on any atom is -0.311 e. The summed E-state index contributed by atoms with van der Waals surface area (Å²) in [6.45, 7) is 2.72. The largest absolute Gasteiger partial charge is 0.311 e. The van der Waals surface area contributed by atoms with Crippen LogP contribution in [0, 0.1) is 12.7 Å². The van der Waals surface area contributed by atoms with E-state index in [2.05, 4.69) is 17.1 Å². The molecule has 1 aliphatic rings. The van der Waals surface area contributed by atoms with Crippen LogP contribution in [0.5, 0.6) is 0 Å². The number of fused-ring (bicyclic) bond motifs is 1. The molecule has 32 heavy (non-hydrogen) atoms. The minimum absolute atomic E-state index is 0.0483. The molecule has 0 atom stereocenters. The summed E-state index contributed by atoms with van der Waals surface area (Å²) in [7, 11) is 0. The van der Waals surface area contributed by atoms with Gasteiger partial charge < -0.3 is 4.57 Å². The Balaban J connectivity index is 1.47. The fourth-order valence-electron chi connectivity index (χ4n) is 3.98. The van der Waals surface area contributed by atoms with E-state index in [4.69, 9.17) is 16.6 Å². The van der Waals surface area contributed by atoms with Crippen LogP contribution in [-0.4, -0.2) is 15.3 Å². The third-order valence-electron chi connectivity index (χ3n) is 5.64. The van der Waals surface area contributed by atoms with Crippen molar-refractivity contribution in [1.29, 1.82) is 0 Å². The van der Waals surface area contributed by atoms with Crippen LogP contribution in [0.25, 0.3) is 11.1 Å². The van der Waals surface area contributed by atoms with Gasteiger partial charge in [-0.2, -0.15) is 0 Å². The van der Waals surface area contributed by atoms with Crippen LogP contribution in [0.4, 0.5) is 4.39 Å². The van der Waals surface area contributed by atoms with Crippen LogP contribution in [0.2, 0.25) is 5.02 Å². The number of aliphatic imine (C=N–C) groups is 1. The molecule has 0 saturated heterocycles. The Hall–Kier alpha value is -3.57. The zero-order chi connectivity index (χ0) is 22.2. The van der Waals surface area contributed by atoms with Crippen molar-refractivity contribution in [2.45, 2.75) is 20.0 Å². The highest BCUT2D eigenvalue weighted by atomic mass is 35.5. The van der Waals surface area contributed by atoms with Crippen molar-refractivity contribution in [3.8, 4) is 11.1 Å². The smallest absolute Gasteiger partial charge is 0.251 e. The molecule has 4 aromatic rings. The Kier molecular flexibility index (Phi) is 5.19. The Morgan fingerprint density at radius 2 is 1.88 bits per heavy atom. The van der Waals surface area contributed by atoms with Crippen LogP contribution in [0.3, 0.4) is 0 Å². The van der Waals surface area contributed by atoms with Gasteiger partial charge in [-0.25, -0.2) is 4.39 Å². The second kappa shape index (κ2) is 8.17. The maximum Gasteiger partial charge on any atom is 0.251 e. The van der Waals surface area contributed by atoms with E-state index in [-0.39, 0.29) is 17.1 Å². The normalized spacial score (nSPS) is 12.5. The summed E-state index contributed by atoms with van der Waals surface area (Å²) < 4.78 is 15.7. The Labute approximate surface area is 189 Å². The van der Waals surface area contributed by atoms with Crippen molar-refractivity contribution in [2.75, 3.05) is 0 Å². The number of halogens is 2. The maximum absolute atomic E-state index is 14.2. The number of aryl methyl sites for hydroxylation is 1. The molecule has 0 N–H and O–H groups in total. The van der Waals surface area contributed by atoms with E-state index in [1.807, 2.05) is 31.2 Å². The molecule has 2 aromatic heterocycles. The van der Waals surface area contributed by atoms with Gasteiger partial charge in [0.15, 0.2) is 0 Å². The lowest BCUT2D eigenvalue weighted by molar-refractivity contribution is 0.597. The van der Waals surface area contributed by atoms with Gasteiger partial charge in [-0.15, -0.1) is 0 Å². The van der Waals surface area contributed by atoms with E-state index >= 15 is 0 Å². The standard InChI is InChI=1S/C26H19ClFN3O/c1-16-11-19(7-9-29-16)26-22-12-17(5-6-20(22)14-30-26)18-8-10-31(24(32)13-18)15-21-3-2-4-23(27)25(21)28/h2-13H,14-15H2,1H3. The van der Waals surface area contributed by atoms with Gasteiger partial charge in [0.05, 0.1) is 23.8 Å². The van der Waals surface area contributed by atoms with Gasteiger partial charge in [0.25, 0.3) is 5.56 Å². The first-order valence-electron chi connectivity index (χ1n) is 10.2. The van der Waals surface area contributed by atoms with E-state index in [9.17, 15) is 9.18 Å². The molecular formula is C26H19ClFN3O. The molecule has 1 aliphatic heterocycles. The molecular weight excluding hydrogens is 425 g/mol. The number of hydrogen-bond acceptors (Lipinski definition) is 3. The van der Waals surface area contributed by atoms with Gasteiger partial charge >= 0.3 is 0 Å². The summed E-state index contributed by atoms with van der Waals surface area (Å²) in [5, 5.41) is 0.0483. The monoisotopic (exact) mass is 443 g/mol. The molecule has 158 valence electrons. The molecule has 0 amide bonds. The quantitative estimate of drug-likeness (QED) is 0.423. The van der Waals surface area contributed by atoms with Gasteiger partial charge in [0.1, 0.15) is 5.82 Å². The predicted molar refractivity (Wildman–Crippen MR) is 125 cm³/mol. The summed E-state index contributed by atoms with van der Waals surface area (Å²) in [5.41, 5.74) is 7.04. The lowest BCUT2D eigenvalue weighted by Crippen LogP contribution is -2.19. The van der Waals surface area contributed by atoms with Crippen molar-refractivity contribution < 1.29 is 4.39 Å². The molecule has 2 aromatic carbocycles.